The molecular formula is C14H20N2O3. The Morgan fingerprint density at radius 3 is 2.16 bits per heavy atom. The lowest BCUT2D eigenvalue weighted by Gasteiger charge is -2.16. The van der Waals surface area contributed by atoms with Crippen molar-refractivity contribution in [2.45, 2.75) is 39.7 Å². The summed E-state index contributed by atoms with van der Waals surface area (Å²) in [5.74, 6) is -1.06. The van der Waals surface area contributed by atoms with E-state index in [9.17, 15) is 9.59 Å². The maximum Gasteiger partial charge on any atom is 0.325 e. The lowest BCUT2D eigenvalue weighted by Crippen LogP contribution is -2.41. The standard InChI is InChI=1S/C14H20N2O3/c1-4-10-7-6-8-11(5-2)12(10)16-14(19)15-9(3)13(17)18/h6-9H,4-5H2,1-3H3,(H,17,18)(H2,15,16,19)/t9-/m0/s1. The summed E-state index contributed by atoms with van der Waals surface area (Å²) in [6.07, 6.45) is 1.61. The second-order valence-electron chi connectivity index (χ2n) is 4.32. The molecule has 0 saturated heterocycles. The van der Waals surface area contributed by atoms with Crippen molar-refractivity contribution in [2.75, 3.05) is 5.32 Å². The van der Waals surface area contributed by atoms with Gasteiger partial charge in [-0.1, -0.05) is 32.0 Å². The third-order valence-electron chi connectivity index (χ3n) is 2.96. The van der Waals surface area contributed by atoms with Gasteiger partial charge in [0, 0.05) is 5.69 Å². The van der Waals surface area contributed by atoms with Gasteiger partial charge < -0.3 is 15.7 Å². The fourth-order valence-electron chi connectivity index (χ4n) is 1.81. The Labute approximate surface area is 113 Å². The molecule has 5 nitrogen and oxygen atoms in total. The zero-order valence-electron chi connectivity index (χ0n) is 11.5. The van der Waals surface area contributed by atoms with Crippen LogP contribution in [0.15, 0.2) is 18.2 Å². The number of urea groups is 1. The highest BCUT2D eigenvalue weighted by Crippen LogP contribution is 2.22. The summed E-state index contributed by atoms with van der Waals surface area (Å²) in [5, 5.41) is 13.9. The van der Waals surface area contributed by atoms with Crippen LogP contribution in [0, 0.1) is 0 Å². The van der Waals surface area contributed by atoms with Crippen LogP contribution in [0.3, 0.4) is 0 Å². The highest BCUT2D eigenvalue weighted by Gasteiger charge is 2.15. The van der Waals surface area contributed by atoms with Crippen LogP contribution >= 0.6 is 0 Å². The van der Waals surface area contributed by atoms with Gasteiger partial charge in [-0.05, 0) is 30.9 Å². The lowest BCUT2D eigenvalue weighted by molar-refractivity contribution is -0.138. The normalized spacial score (nSPS) is 11.7. The first-order chi connectivity index (χ1) is 8.99. The molecule has 0 fully saturated rings. The van der Waals surface area contributed by atoms with E-state index in [-0.39, 0.29) is 0 Å². The van der Waals surface area contributed by atoms with Crippen LogP contribution in [0.25, 0.3) is 0 Å². The minimum Gasteiger partial charge on any atom is -0.480 e. The van der Waals surface area contributed by atoms with E-state index < -0.39 is 18.0 Å². The van der Waals surface area contributed by atoms with Crippen molar-refractivity contribution in [3.63, 3.8) is 0 Å². The van der Waals surface area contributed by atoms with Gasteiger partial charge in [0.2, 0.25) is 0 Å². The highest BCUT2D eigenvalue weighted by atomic mass is 16.4. The number of para-hydroxylation sites is 1. The van der Waals surface area contributed by atoms with Crippen molar-refractivity contribution < 1.29 is 14.7 Å². The van der Waals surface area contributed by atoms with Gasteiger partial charge in [-0.25, -0.2) is 4.79 Å². The van der Waals surface area contributed by atoms with Crippen molar-refractivity contribution in [1.29, 1.82) is 0 Å². The van der Waals surface area contributed by atoms with Gasteiger partial charge >= 0.3 is 12.0 Å². The molecule has 19 heavy (non-hydrogen) atoms. The first-order valence-electron chi connectivity index (χ1n) is 6.40. The molecule has 1 aromatic carbocycles. The number of carbonyl (C=O) groups excluding carboxylic acids is 1. The molecule has 104 valence electrons. The number of anilines is 1. The monoisotopic (exact) mass is 264 g/mol. The van der Waals surface area contributed by atoms with E-state index >= 15 is 0 Å². The number of carbonyl (C=O) groups is 2. The molecule has 0 saturated carbocycles. The number of hydrogen-bond donors (Lipinski definition) is 3. The van der Waals surface area contributed by atoms with Crippen LogP contribution in [0.4, 0.5) is 10.5 Å². The molecule has 3 N–H and O–H groups in total. The minimum atomic E-state index is -1.06. The van der Waals surface area contributed by atoms with Crippen LogP contribution in [-0.4, -0.2) is 23.1 Å². The third-order valence-corrected chi connectivity index (χ3v) is 2.96. The number of nitrogens with one attached hydrogen (secondary N) is 2. The van der Waals surface area contributed by atoms with Crippen LogP contribution < -0.4 is 10.6 Å². The summed E-state index contributed by atoms with van der Waals surface area (Å²) in [6.45, 7) is 5.45. The smallest absolute Gasteiger partial charge is 0.325 e. The van der Waals surface area contributed by atoms with Gasteiger partial charge in [-0.15, -0.1) is 0 Å². The van der Waals surface area contributed by atoms with E-state index in [0.29, 0.717) is 0 Å². The molecule has 5 heteroatoms. The molecule has 0 aliphatic rings. The molecule has 0 heterocycles. The van der Waals surface area contributed by atoms with E-state index in [1.54, 1.807) is 0 Å². The number of rotatable bonds is 5. The first kappa shape index (κ1) is 15.0. The number of aryl methyl sites for hydroxylation is 2. The fraction of sp³-hybridized carbons (Fsp3) is 0.429. The molecule has 0 radical (unpaired) electrons. The van der Waals surface area contributed by atoms with Gasteiger partial charge in [-0.3, -0.25) is 4.79 Å². The van der Waals surface area contributed by atoms with Crippen molar-refractivity contribution >= 4 is 17.7 Å². The highest BCUT2D eigenvalue weighted by molar-refractivity contribution is 5.93. The van der Waals surface area contributed by atoms with Crippen molar-refractivity contribution in [3.8, 4) is 0 Å². The van der Waals surface area contributed by atoms with E-state index in [2.05, 4.69) is 10.6 Å². The largest absolute Gasteiger partial charge is 0.480 e. The van der Waals surface area contributed by atoms with Crippen LogP contribution in [0.2, 0.25) is 0 Å². The number of aliphatic carboxylic acids is 1. The number of carboxylic acids is 1. The molecule has 0 unspecified atom stereocenters. The number of benzene rings is 1. The summed E-state index contributed by atoms with van der Waals surface area (Å²) < 4.78 is 0. The fourth-order valence-corrected chi connectivity index (χ4v) is 1.81. The summed E-state index contributed by atoms with van der Waals surface area (Å²) in [7, 11) is 0. The summed E-state index contributed by atoms with van der Waals surface area (Å²) in [4.78, 5) is 22.5. The van der Waals surface area contributed by atoms with Gasteiger partial charge in [0.15, 0.2) is 0 Å². The van der Waals surface area contributed by atoms with Gasteiger partial charge in [-0.2, -0.15) is 0 Å². The molecule has 2 amide bonds. The Morgan fingerprint density at radius 2 is 1.74 bits per heavy atom. The molecule has 0 spiro atoms. The van der Waals surface area contributed by atoms with Gasteiger partial charge in [0.25, 0.3) is 0 Å². The topological polar surface area (TPSA) is 78.4 Å². The van der Waals surface area contributed by atoms with Gasteiger partial charge in [0.1, 0.15) is 6.04 Å². The van der Waals surface area contributed by atoms with Crippen molar-refractivity contribution in [1.82, 2.24) is 5.32 Å². The quantitative estimate of drug-likeness (QED) is 0.764. The van der Waals surface area contributed by atoms with Gasteiger partial charge in [0.05, 0.1) is 0 Å². The summed E-state index contributed by atoms with van der Waals surface area (Å²) in [5.41, 5.74) is 2.86. The predicted molar refractivity (Wildman–Crippen MR) is 74.5 cm³/mol. The van der Waals surface area contributed by atoms with Crippen LogP contribution in [0.1, 0.15) is 31.9 Å². The number of carboxylic acid groups (broad SMARTS) is 1. The Hall–Kier alpha value is -2.04. The van der Waals surface area contributed by atoms with Crippen molar-refractivity contribution in [2.24, 2.45) is 0 Å². The summed E-state index contributed by atoms with van der Waals surface area (Å²) in [6, 6.07) is 4.45. The minimum absolute atomic E-state index is 0.495. The molecule has 0 bridgehead atoms. The Morgan fingerprint density at radius 1 is 1.21 bits per heavy atom. The number of hydrogen-bond acceptors (Lipinski definition) is 2. The molecule has 1 rings (SSSR count). The SMILES string of the molecule is CCc1cccc(CC)c1NC(=O)N[C@@H](C)C(=O)O. The maximum atomic E-state index is 11.8. The van der Waals surface area contributed by atoms with Crippen LogP contribution in [0.5, 0.6) is 0 Å². The first-order valence-corrected chi connectivity index (χ1v) is 6.40. The lowest BCUT2D eigenvalue weighted by atomic mass is 10.0. The Bertz CT molecular complexity index is 450. The van der Waals surface area contributed by atoms with E-state index in [1.165, 1.54) is 6.92 Å². The average Bonchev–Trinajstić information content (AvgIpc) is 2.38. The van der Waals surface area contributed by atoms with Crippen LogP contribution in [-0.2, 0) is 17.6 Å². The number of amides is 2. The van der Waals surface area contributed by atoms with Crippen molar-refractivity contribution in [3.05, 3.63) is 29.3 Å². The second-order valence-corrected chi connectivity index (χ2v) is 4.32. The second kappa shape index (κ2) is 6.78. The van der Waals surface area contributed by atoms with E-state index in [1.807, 2.05) is 32.0 Å². The third kappa shape index (κ3) is 3.98. The molecule has 1 atom stereocenters. The van der Waals surface area contributed by atoms with E-state index in [0.717, 1.165) is 29.7 Å². The predicted octanol–water partition coefficient (Wildman–Crippen LogP) is 2.41. The molecule has 0 aromatic heterocycles. The molecule has 0 aliphatic carbocycles. The zero-order valence-corrected chi connectivity index (χ0v) is 11.5. The Kier molecular flexibility index (Phi) is 5.36. The average molecular weight is 264 g/mol. The summed E-state index contributed by atoms with van der Waals surface area (Å²) >= 11 is 0. The molecular weight excluding hydrogens is 244 g/mol. The zero-order chi connectivity index (χ0) is 14.4. The van der Waals surface area contributed by atoms with E-state index in [4.69, 9.17) is 5.11 Å². The maximum absolute atomic E-state index is 11.8. The Balaban J connectivity index is 2.86. The molecule has 0 aliphatic heterocycles. The molecule has 1 aromatic rings.